The standard InChI is InChI=1S/C13H14N2.H2O/c1-3-6-13(4-2)15-10-11-7-5-8-12(14)9-11;/h3-10H,1-2,14H2;1H2/b13-6+,15-10?;. The van der Waals surface area contributed by atoms with Gasteiger partial charge in [0.25, 0.3) is 0 Å². The van der Waals surface area contributed by atoms with Crippen LogP contribution < -0.4 is 5.73 Å². The number of anilines is 1. The summed E-state index contributed by atoms with van der Waals surface area (Å²) in [7, 11) is 0. The summed E-state index contributed by atoms with van der Waals surface area (Å²) in [6.45, 7) is 7.25. The Labute approximate surface area is 95.6 Å². The minimum Gasteiger partial charge on any atom is -0.412 e. The van der Waals surface area contributed by atoms with Crippen molar-refractivity contribution in [3.05, 3.63) is 66.9 Å². The molecule has 0 spiro atoms. The molecule has 4 N–H and O–H groups in total. The molecule has 0 amide bonds. The van der Waals surface area contributed by atoms with E-state index in [4.69, 9.17) is 5.73 Å². The van der Waals surface area contributed by atoms with E-state index in [1.807, 2.05) is 24.3 Å². The van der Waals surface area contributed by atoms with Crippen molar-refractivity contribution in [2.45, 2.75) is 0 Å². The number of allylic oxidation sites excluding steroid dienone is 3. The average molecular weight is 216 g/mol. The van der Waals surface area contributed by atoms with Crippen LogP contribution in [0, 0.1) is 0 Å². The number of aliphatic imine (C=N–C) groups is 1. The van der Waals surface area contributed by atoms with E-state index in [1.165, 1.54) is 0 Å². The molecule has 0 saturated carbocycles. The molecule has 84 valence electrons. The van der Waals surface area contributed by atoms with Crippen LogP contribution in [0.2, 0.25) is 0 Å². The largest absolute Gasteiger partial charge is 0.412 e. The summed E-state index contributed by atoms with van der Waals surface area (Å²) < 4.78 is 0. The molecule has 1 aromatic carbocycles. The molecule has 0 unspecified atom stereocenters. The first kappa shape index (κ1) is 13.9. The van der Waals surface area contributed by atoms with Gasteiger partial charge in [0.2, 0.25) is 0 Å². The zero-order chi connectivity index (χ0) is 11.1. The smallest absolute Gasteiger partial charge is 0.0623 e. The Morgan fingerprint density at radius 1 is 1.31 bits per heavy atom. The lowest BCUT2D eigenvalue weighted by Crippen LogP contribution is -1.87. The number of nitrogen functional groups attached to an aromatic ring is 1. The zero-order valence-corrected chi connectivity index (χ0v) is 9.06. The molecule has 1 aromatic rings. The minimum absolute atomic E-state index is 0. The number of hydrogen-bond donors (Lipinski definition) is 1. The summed E-state index contributed by atoms with van der Waals surface area (Å²) in [5.74, 6) is 0. The van der Waals surface area contributed by atoms with Gasteiger partial charge in [-0.1, -0.05) is 31.4 Å². The fourth-order valence-corrected chi connectivity index (χ4v) is 1.07. The van der Waals surface area contributed by atoms with Crippen molar-refractivity contribution in [1.29, 1.82) is 0 Å². The summed E-state index contributed by atoms with van der Waals surface area (Å²) >= 11 is 0. The lowest BCUT2D eigenvalue weighted by Gasteiger charge is -1.95. The van der Waals surface area contributed by atoms with E-state index in [1.54, 1.807) is 24.4 Å². The first-order valence-electron chi connectivity index (χ1n) is 4.61. The lowest BCUT2D eigenvalue weighted by molar-refractivity contribution is 0.824. The van der Waals surface area contributed by atoms with Crippen LogP contribution >= 0.6 is 0 Å². The predicted octanol–water partition coefficient (Wildman–Crippen LogP) is 2.12. The number of nitrogens with two attached hydrogens (primary N) is 1. The average Bonchev–Trinajstić information content (AvgIpc) is 2.24. The van der Waals surface area contributed by atoms with Gasteiger partial charge in [-0.25, -0.2) is 0 Å². The monoisotopic (exact) mass is 216 g/mol. The molecule has 0 bridgehead atoms. The van der Waals surface area contributed by atoms with Gasteiger partial charge in [0.15, 0.2) is 0 Å². The van der Waals surface area contributed by atoms with Crippen LogP contribution in [-0.2, 0) is 0 Å². The van der Waals surface area contributed by atoms with E-state index in [-0.39, 0.29) is 5.48 Å². The lowest BCUT2D eigenvalue weighted by atomic mass is 10.2. The van der Waals surface area contributed by atoms with Crippen LogP contribution in [0.3, 0.4) is 0 Å². The Kier molecular flexibility index (Phi) is 6.24. The van der Waals surface area contributed by atoms with Crippen molar-refractivity contribution in [1.82, 2.24) is 0 Å². The topological polar surface area (TPSA) is 69.9 Å². The van der Waals surface area contributed by atoms with Crippen molar-refractivity contribution >= 4 is 11.9 Å². The first-order chi connectivity index (χ1) is 7.26. The minimum atomic E-state index is 0. The van der Waals surface area contributed by atoms with Gasteiger partial charge in [-0.2, -0.15) is 0 Å². The molecular formula is C13H16N2O. The van der Waals surface area contributed by atoms with E-state index in [2.05, 4.69) is 18.2 Å². The van der Waals surface area contributed by atoms with Gasteiger partial charge in [0, 0.05) is 11.9 Å². The Bertz CT molecular complexity index is 420. The molecule has 0 aliphatic heterocycles. The SMILES string of the molecule is C=C/C=C(\C=C)N=Cc1cccc(N)c1.O. The van der Waals surface area contributed by atoms with Gasteiger partial charge in [-0.3, -0.25) is 4.99 Å². The summed E-state index contributed by atoms with van der Waals surface area (Å²) in [5.41, 5.74) is 8.11. The van der Waals surface area contributed by atoms with E-state index in [0.29, 0.717) is 0 Å². The van der Waals surface area contributed by atoms with Crippen LogP contribution in [0.15, 0.2) is 66.3 Å². The third-order valence-electron chi connectivity index (χ3n) is 1.77. The normalized spacial score (nSPS) is 10.9. The highest BCUT2D eigenvalue weighted by Crippen LogP contribution is 2.05. The first-order valence-corrected chi connectivity index (χ1v) is 4.61. The Morgan fingerprint density at radius 2 is 2.06 bits per heavy atom. The van der Waals surface area contributed by atoms with Crippen molar-refractivity contribution in [3.63, 3.8) is 0 Å². The molecule has 0 fully saturated rings. The molecular weight excluding hydrogens is 200 g/mol. The maximum atomic E-state index is 5.64. The zero-order valence-electron chi connectivity index (χ0n) is 9.06. The Balaban J connectivity index is 0.00000225. The molecule has 0 saturated heterocycles. The molecule has 16 heavy (non-hydrogen) atoms. The number of hydrogen-bond acceptors (Lipinski definition) is 2. The Hall–Kier alpha value is -2.13. The van der Waals surface area contributed by atoms with Gasteiger partial charge >= 0.3 is 0 Å². The van der Waals surface area contributed by atoms with Gasteiger partial charge in [0.1, 0.15) is 0 Å². The molecule has 3 nitrogen and oxygen atoms in total. The maximum absolute atomic E-state index is 5.64. The van der Waals surface area contributed by atoms with E-state index in [0.717, 1.165) is 16.9 Å². The molecule has 0 aliphatic carbocycles. The molecule has 0 heterocycles. The fraction of sp³-hybridized carbons (Fsp3) is 0. The molecule has 1 rings (SSSR count). The highest BCUT2D eigenvalue weighted by molar-refractivity contribution is 5.82. The highest BCUT2D eigenvalue weighted by Gasteiger charge is 1.89. The van der Waals surface area contributed by atoms with Gasteiger partial charge in [0.05, 0.1) is 5.70 Å². The number of rotatable bonds is 4. The van der Waals surface area contributed by atoms with Crippen molar-refractivity contribution in [3.8, 4) is 0 Å². The summed E-state index contributed by atoms with van der Waals surface area (Å²) in [4.78, 5) is 4.23. The second kappa shape index (κ2) is 7.20. The third-order valence-corrected chi connectivity index (χ3v) is 1.77. The maximum Gasteiger partial charge on any atom is 0.0623 e. The molecule has 0 radical (unpaired) electrons. The molecule has 0 atom stereocenters. The second-order valence-corrected chi connectivity index (χ2v) is 2.96. The van der Waals surface area contributed by atoms with Gasteiger partial charge in [-0.05, 0) is 29.8 Å². The highest BCUT2D eigenvalue weighted by atomic mass is 16.0. The van der Waals surface area contributed by atoms with Crippen LogP contribution in [0.5, 0.6) is 0 Å². The predicted molar refractivity (Wildman–Crippen MR) is 70.5 cm³/mol. The molecule has 0 aliphatic rings. The van der Waals surface area contributed by atoms with Crippen molar-refractivity contribution < 1.29 is 5.48 Å². The van der Waals surface area contributed by atoms with Crippen LogP contribution in [0.25, 0.3) is 0 Å². The van der Waals surface area contributed by atoms with E-state index < -0.39 is 0 Å². The Morgan fingerprint density at radius 3 is 2.62 bits per heavy atom. The van der Waals surface area contributed by atoms with Crippen molar-refractivity contribution in [2.75, 3.05) is 5.73 Å². The van der Waals surface area contributed by atoms with Gasteiger partial charge in [-0.15, -0.1) is 0 Å². The summed E-state index contributed by atoms with van der Waals surface area (Å²) in [6.07, 6.45) is 6.88. The van der Waals surface area contributed by atoms with Crippen LogP contribution in [0.4, 0.5) is 5.69 Å². The quantitative estimate of drug-likeness (QED) is 0.467. The number of benzene rings is 1. The number of nitrogens with zero attached hydrogens (tertiary/aromatic N) is 1. The molecule has 0 aromatic heterocycles. The van der Waals surface area contributed by atoms with Crippen LogP contribution in [0.1, 0.15) is 5.56 Å². The third kappa shape index (κ3) is 4.39. The fourth-order valence-electron chi connectivity index (χ4n) is 1.07. The van der Waals surface area contributed by atoms with Crippen molar-refractivity contribution in [2.24, 2.45) is 4.99 Å². The summed E-state index contributed by atoms with van der Waals surface area (Å²) in [5, 5.41) is 0. The van der Waals surface area contributed by atoms with E-state index in [9.17, 15) is 0 Å². The summed E-state index contributed by atoms with van der Waals surface area (Å²) in [6, 6.07) is 7.53. The molecule has 3 heteroatoms. The second-order valence-electron chi connectivity index (χ2n) is 2.96. The van der Waals surface area contributed by atoms with Gasteiger partial charge < -0.3 is 11.2 Å². The van der Waals surface area contributed by atoms with E-state index >= 15 is 0 Å². The van der Waals surface area contributed by atoms with Crippen LogP contribution in [-0.4, -0.2) is 11.7 Å².